The Labute approximate surface area is 116 Å². The first-order chi connectivity index (χ1) is 9.26. The van der Waals surface area contributed by atoms with E-state index in [-0.39, 0.29) is 5.97 Å². The molecule has 0 aromatic heterocycles. The summed E-state index contributed by atoms with van der Waals surface area (Å²) in [6.07, 6.45) is 0. The SMILES string of the molecule is COC(=O)c1ccccc1Sc1ccccc1OC. The quantitative estimate of drug-likeness (QED) is 0.797. The van der Waals surface area contributed by atoms with Crippen LogP contribution in [0.2, 0.25) is 0 Å². The van der Waals surface area contributed by atoms with Gasteiger partial charge in [0.1, 0.15) is 5.75 Å². The fourth-order valence-corrected chi connectivity index (χ4v) is 2.70. The minimum absolute atomic E-state index is 0.335. The van der Waals surface area contributed by atoms with Crippen molar-refractivity contribution < 1.29 is 14.3 Å². The summed E-state index contributed by atoms with van der Waals surface area (Å²) in [5, 5.41) is 0. The maximum Gasteiger partial charge on any atom is 0.339 e. The van der Waals surface area contributed by atoms with Gasteiger partial charge in [-0.3, -0.25) is 0 Å². The number of benzene rings is 2. The third-order valence-corrected chi connectivity index (χ3v) is 3.71. The molecule has 2 aromatic carbocycles. The summed E-state index contributed by atoms with van der Waals surface area (Å²) in [6, 6.07) is 15.1. The van der Waals surface area contributed by atoms with E-state index in [2.05, 4.69) is 0 Å². The zero-order valence-corrected chi connectivity index (χ0v) is 11.6. The Hall–Kier alpha value is -1.94. The van der Waals surface area contributed by atoms with Crippen LogP contribution in [0.5, 0.6) is 5.75 Å². The molecule has 2 aromatic rings. The molecule has 0 aliphatic carbocycles. The van der Waals surface area contributed by atoms with E-state index >= 15 is 0 Å². The van der Waals surface area contributed by atoms with Crippen LogP contribution in [0.3, 0.4) is 0 Å². The molecule has 2 rings (SSSR count). The second-order valence-electron chi connectivity index (χ2n) is 3.74. The van der Waals surface area contributed by atoms with Crippen molar-refractivity contribution in [3.05, 3.63) is 54.1 Å². The van der Waals surface area contributed by atoms with Crippen LogP contribution < -0.4 is 4.74 Å². The maximum atomic E-state index is 11.7. The molecule has 3 nitrogen and oxygen atoms in total. The number of hydrogen-bond donors (Lipinski definition) is 0. The lowest BCUT2D eigenvalue weighted by atomic mass is 10.2. The Morgan fingerprint density at radius 2 is 1.58 bits per heavy atom. The molecule has 0 amide bonds. The van der Waals surface area contributed by atoms with Crippen molar-refractivity contribution >= 4 is 17.7 Å². The Balaban J connectivity index is 2.36. The molecule has 0 radical (unpaired) electrons. The molecule has 0 saturated heterocycles. The van der Waals surface area contributed by atoms with Crippen molar-refractivity contribution in [2.24, 2.45) is 0 Å². The van der Waals surface area contributed by atoms with Gasteiger partial charge in [0, 0.05) is 4.90 Å². The van der Waals surface area contributed by atoms with E-state index in [1.165, 1.54) is 18.9 Å². The van der Waals surface area contributed by atoms with E-state index in [1.54, 1.807) is 13.2 Å². The van der Waals surface area contributed by atoms with Crippen molar-refractivity contribution in [2.75, 3.05) is 14.2 Å². The average Bonchev–Trinajstić information content (AvgIpc) is 2.47. The van der Waals surface area contributed by atoms with Gasteiger partial charge in [0.05, 0.1) is 24.7 Å². The van der Waals surface area contributed by atoms with E-state index < -0.39 is 0 Å². The molecular formula is C15H14O3S. The van der Waals surface area contributed by atoms with E-state index in [9.17, 15) is 4.79 Å². The molecule has 0 aliphatic heterocycles. The number of para-hydroxylation sites is 1. The first-order valence-corrected chi connectivity index (χ1v) is 6.56. The van der Waals surface area contributed by atoms with Crippen LogP contribution in [0.15, 0.2) is 58.3 Å². The van der Waals surface area contributed by atoms with Crippen LogP contribution in [-0.2, 0) is 4.74 Å². The molecular weight excluding hydrogens is 260 g/mol. The van der Waals surface area contributed by atoms with Gasteiger partial charge in [-0.15, -0.1) is 0 Å². The summed E-state index contributed by atoms with van der Waals surface area (Å²) < 4.78 is 10.1. The summed E-state index contributed by atoms with van der Waals surface area (Å²) in [5.41, 5.74) is 0.556. The van der Waals surface area contributed by atoms with Crippen LogP contribution in [0, 0.1) is 0 Å². The zero-order valence-electron chi connectivity index (χ0n) is 10.8. The number of esters is 1. The summed E-state index contributed by atoms with van der Waals surface area (Å²) in [6.45, 7) is 0. The highest BCUT2D eigenvalue weighted by Gasteiger charge is 2.13. The monoisotopic (exact) mass is 274 g/mol. The van der Waals surface area contributed by atoms with Crippen LogP contribution in [0.4, 0.5) is 0 Å². The van der Waals surface area contributed by atoms with Gasteiger partial charge in [0.2, 0.25) is 0 Å². The average molecular weight is 274 g/mol. The topological polar surface area (TPSA) is 35.5 Å². The van der Waals surface area contributed by atoms with Crippen molar-refractivity contribution in [3.63, 3.8) is 0 Å². The molecule has 0 aliphatic rings. The minimum atomic E-state index is -0.335. The highest BCUT2D eigenvalue weighted by atomic mass is 32.2. The van der Waals surface area contributed by atoms with Gasteiger partial charge in [-0.25, -0.2) is 4.79 Å². The Morgan fingerprint density at radius 3 is 2.26 bits per heavy atom. The first-order valence-electron chi connectivity index (χ1n) is 5.74. The first kappa shape index (κ1) is 13.5. The lowest BCUT2D eigenvalue weighted by Gasteiger charge is -2.10. The third kappa shape index (κ3) is 3.09. The predicted molar refractivity (Wildman–Crippen MR) is 74.9 cm³/mol. The Bertz CT molecular complexity index is 581. The number of rotatable bonds is 4. The second-order valence-corrected chi connectivity index (χ2v) is 4.82. The molecule has 0 heterocycles. The summed E-state index contributed by atoms with van der Waals surface area (Å²) in [5.74, 6) is 0.449. The minimum Gasteiger partial charge on any atom is -0.496 e. The fourth-order valence-electron chi connectivity index (χ4n) is 1.66. The number of carbonyl (C=O) groups excluding carboxylic acids is 1. The van der Waals surface area contributed by atoms with E-state index in [1.807, 2.05) is 42.5 Å². The van der Waals surface area contributed by atoms with Crippen LogP contribution in [0.25, 0.3) is 0 Å². The molecule has 0 unspecified atom stereocenters. The largest absolute Gasteiger partial charge is 0.496 e. The molecule has 0 saturated carbocycles. The third-order valence-electron chi connectivity index (χ3n) is 2.58. The summed E-state index contributed by atoms with van der Waals surface area (Å²) in [7, 11) is 3.01. The number of hydrogen-bond acceptors (Lipinski definition) is 4. The molecule has 0 N–H and O–H groups in total. The highest BCUT2D eigenvalue weighted by molar-refractivity contribution is 7.99. The van der Waals surface area contributed by atoms with Crippen molar-refractivity contribution in [1.82, 2.24) is 0 Å². The zero-order chi connectivity index (χ0) is 13.7. The van der Waals surface area contributed by atoms with Crippen molar-refractivity contribution in [3.8, 4) is 5.75 Å². The number of methoxy groups -OCH3 is 2. The normalized spacial score (nSPS) is 10.0. The lowest BCUT2D eigenvalue weighted by Crippen LogP contribution is -2.02. The van der Waals surface area contributed by atoms with Gasteiger partial charge in [-0.05, 0) is 24.3 Å². The summed E-state index contributed by atoms with van der Waals surface area (Å²) >= 11 is 1.48. The van der Waals surface area contributed by atoms with Gasteiger partial charge < -0.3 is 9.47 Å². The molecule has 0 fully saturated rings. The number of ether oxygens (including phenoxy) is 2. The fraction of sp³-hybridized carbons (Fsp3) is 0.133. The maximum absolute atomic E-state index is 11.7. The van der Waals surface area contributed by atoms with Crippen LogP contribution in [0.1, 0.15) is 10.4 Å². The molecule has 4 heteroatoms. The van der Waals surface area contributed by atoms with Crippen molar-refractivity contribution in [1.29, 1.82) is 0 Å². The summed E-state index contributed by atoms with van der Waals surface area (Å²) in [4.78, 5) is 13.5. The smallest absolute Gasteiger partial charge is 0.339 e. The van der Waals surface area contributed by atoms with E-state index in [0.717, 1.165) is 15.5 Å². The van der Waals surface area contributed by atoms with E-state index in [0.29, 0.717) is 5.56 Å². The standard InChI is InChI=1S/C15H14O3S/c1-17-12-8-4-6-10-14(12)19-13-9-5-3-7-11(13)15(16)18-2/h3-10H,1-2H3. The van der Waals surface area contributed by atoms with Crippen LogP contribution in [-0.4, -0.2) is 20.2 Å². The van der Waals surface area contributed by atoms with Gasteiger partial charge >= 0.3 is 5.97 Å². The van der Waals surface area contributed by atoms with Crippen molar-refractivity contribution in [2.45, 2.75) is 9.79 Å². The van der Waals surface area contributed by atoms with E-state index in [4.69, 9.17) is 9.47 Å². The number of carbonyl (C=O) groups is 1. The highest BCUT2D eigenvalue weighted by Crippen LogP contribution is 2.36. The van der Waals surface area contributed by atoms with Gasteiger partial charge in [0.15, 0.2) is 0 Å². The second kappa shape index (κ2) is 6.29. The predicted octanol–water partition coefficient (Wildman–Crippen LogP) is 3.63. The van der Waals surface area contributed by atoms with Crippen LogP contribution >= 0.6 is 11.8 Å². The molecule has 19 heavy (non-hydrogen) atoms. The van der Waals surface area contributed by atoms with Gasteiger partial charge in [-0.2, -0.15) is 0 Å². The Kier molecular flexibility index (Phi) is 4.47. The van der Waals surface area contributed by atoms with Gasteiger partial charge in [0.25, 0.3) is 0 Å². The molecule has 0 bridgehead atoms. The molecule has 0 atom stereocenters. The molecule has 98 valence electrons. The van der Waals surface area contributed by atoms with Gasteiger partial charge in [-0.1, -0.05) is 36.0 Å². The molecule has 0 spiro atoms. The Morgan fingerprint density at radius 1 is 0.947 bits per heavy atom. The lowest BCUT2D eigenvalue weighted by molar-refractivity contribution is 0.0597.